The minimum Gasteiger partial charge on any atom is -0.369 e. The van der Waals surface area contributed by atoms with E-state index in [1.54, 1.807) is 35.9 Å². The summed E-state index contributed by atoms with van der Waals surface area (Å²) in [6.45, 7) is 6.19. The molecule has 2 aliphatic carbocycles. The summed E-state index contributed by atoms with van der Waals surface area (Å²) in [6, 6.07) is 15.7. The largest absolute Gasteiger partial charge is 0.369 e. The first-order chi connectivity index (χ1) is 26.5. The Bertz CT molecular complexity index is 2560. The van der Waals surface area contributed by atoms with Gasteiger partial charge in [-0.05, 0) is 81.7 Å². The second kappa shape index (κ2) is 12.8. The average molecular weight is 779 g/mol. The fourth-order valence-corrected chi connectivity index (χ4v) is 10.8. The van der Waals surface area contributed by atoms with Crippen LogP contribution in [0.3, 0.4) is 0 Å². The van der Waals surface area contributed by atoms with Gasteiger partial charge in [0.1, 0.15) is 5.52 Å². The van der Waals surface area contributed by atoms with E-state index >= 15 is 4.39 Å². The van der Waals surface area contributed by atoms with Crippen LogP contribution in [0, 0.1) is 48.7 Å². The number of amides is 1. The van der Waals surface area contributed by atoms with Crippen LogP contribution in [0.25, 0.3) is 32.9 Å². The van der Waals surface area contributed by atoms with Gasteiger partial charge in [0.15, 0.2) is 5.82 Å². The number of aromatic nitrogens is 3. The smallest absolute Gasteiger partial charge is 0.252 e. The predicted molar refractivity (Wildman–Crippen MR) is 213 cm³/mol. The van der Waals surface area contributed by atoms with Crippen molar-refractivity contribution in [1.82, 2.24) is 24.3 Å². The zero-order valence-electron chi connectivity index (χ0n) is 31.1. The molecule has 6 aliphatic rings. The molecule has 3 aromatic heterocycles. The third-order valence-corrected chi connectivity index (χ3v) is 14.2. The molecule has 0 unspecified atom stereocenters. The lowest BCUT2D eigenvalue weighted by Gasteiger charge is -2.40. The van der Waals surface area contributed by atoms with E-state index < -0.39 is 5.82 Å². The molecule has 11 rings (SSSR count). The second-order valence-electron chi connectivity index (χ2n) is 16.6. The minimum absolute atomic E-state index is 0.0000814. The summed E-state index contributed by atoms with van der Waals surface area (Å²) in [4.78, 5) is 36.9. The summed E-state index contributed by atoms with van der Waals surface area (Å²) in [6.07, 6.45) is 4.31. The predicted octanol–water partition coefficient (Wildman–Crippen LogP) is 7.80. The van der Waals surface area contributed by atoms with Crippen molar-refractivity contribution >= 4 is 56.6 Å². The number of piperidine rings is 1. The molecule has 7 heterocycles. The number of fused-ring (bicyclic) bond motifs is 6. The molecular formula is C43H42Cl2FN7O2. The summed E-state index contributed by atoms with van der Waals surface area (Å²) in [5.74, 6) is 0.311. The number of likely N-dealkylation sites (tertiary alicyclic amines) is 1. The summed E-state index contributed by atoms with van der Waals surface area (Å²) < 4.78 is 21.5. The van der Waals surface area contributed by atoms with E-state index in [2.05, 4.69) is 37.9 Å². The molecule has 5 aromatic rings. The topological polar surface area (TPSA) is 99.2 Å². The van der Waals surface area contributed by atoms with Crippen molar-refractivity contribution in [3.8, 4) is 17.2 Å². The van der Waals surface area contributed by atoms with E-state index in [0.717, 1.165) is 60.2 Å². The van der Waals surface area contributed by atoms with E-state index in [1.807, 2.05) is 19.9 Å². The standard InChI is InChI=1S/C43H42Cl2FN7O2/c1-21-12-27(16-35(54)50(21)3)51-19-26-13-28(20-51)52(43(55)23-9-10-23)41(26)34-17-30-22(2)49-39-31(42(30)53(34)40-25-15-33(40)48-18-25)14-24(6-5-11-47)36(38(39)46)29-7-4-8-32(44)37(29)45/h4,7-8,12,14,16-17,23,25-26,28,33,40-41,48H,5-6,9-10,13,15,18-20H2,1-3H3/t25-,26+,28-,33-,40+,41-/m1/s1. The van der Waals surface area contributed by atoms with Gasteiger partial charge < -0.3 is 24.3 Å². The molecule has 2 saturated carbocycles. The monoisotopic (exact) mass is 777 g/mol. The fraction of sp³-hybridized carbons (Fsp3) is 0.442. The van der Waals surface area contributed by atoms with Crippen molar-refractivity contribution in [2.45, 2.75) is 76.5 Å². The Hall–Kier alpha value is -4.43. The summed E-state index contributed by atoms with van der Waals surface area (Å²) >= 11 is 13.2. The number of pyridine rings is 2. The van der Waals surface area contributed by atoms with Gasteiger partial charge in [0.2, 0.25) is 5.91 Å². The number of benzene rings is 2. The number of halogens is 3. The molecule has 1 N–H and O–H groups in total. The van der Waals surface area contributed by atoms with Gasteiger partial charge in [-0.25, -0.2) is 9.37 Å². The molecule has 12 heteroatoms. The van der Waals surface area contributed by atoms with Crippen LogP contribution in [0.2, 0.25) is 10.0 Å². The van der Waals surface area contributed by atoms with Crippen molar-refractivity contribution in [1.29, 1.82) is 5.26 Å². The summed E-state index contributed by atoms with van der Waals surface area (Å²) in [5.41, 5.74) is 6.21. The van der Waals surface area contributed by atoms with Gasteiger partial charge in [-0.15, -0.1) is 0 Å². The maximum atomic E-state index is 17.3. The lowest BCUT2D eigenvalue weighted by molar-refractivity contribution is -0.135. The molecular weight excluding hydrogens is 736 g/mol. The maximum Gasteiger partial charge on any atom is 0.252 e. The number of rotatable bonds is 7. The van der Waals surface area contributed by atoms with Crippen LogP contribution in [0.15, 0.2) is 47.3 Å². The zero-order valence-corrected chi connectivity index (χ0v) is 32.6. The van der Waals surface area contributed by atoms with Crippen LogP contribution in [-0.2, 0) is 18.3 Å². The lowest BCUT2D eigenvalue weighted by atomic mass is 9.79. The van der Waals surface area contributed by atoms with E-state index in [9.17, 15) is 14.9 Å². The molecule has 0 radical (unpaired) electrons. The molecule has 0 spiro atoms. The van der Waals surface area contributed by atoms with Crippen LogP contribution in [0.4, 0.5) is 10.1 Å². The highest BCUT2D eigenvalue weighted by atomic mass is 35.5. The van der Waals surface area contributed by atoms with Crippen molar-refractivity contribution < 1.29 is 9.18 Å². The van der Waals surface area contributed by atoms with Crippen molar-refractivity contribution in [2.75, 3.05) is 24.5 Å². The van der Waals surface area contributed by atoms with Gasteiger partial charge in [0.05, 0.1) is 39.8 Å². The summed E-state index contributed by atoms with van der Waals surface area (Å²) in [7, 11) is 1.79. The Morgan fingerprint density at radius 1 is 1.07 bits per heavy atom. The van der Waals surface area contributed by atoms with Crippen LogP contribution < -0.4 is 15.8 Å². The third kappa shape index (κ3) is 5.29. The molecule has 9 nitrogen and oxygen atoms in total. The first kappa shape index (κ1) is 35.0. The molecule has 4 bridgehead atoms. The number of nitriles is 1. The maximum absolute atomic E-state index is 17.3. The van der Waals surface area contributed by atoms with E-state index in [1.165, 1.54) is 0 Å². The van der Waals surface area contributed by atoms with E-state index in [-0.39, 0.29) is 64.4 Å². The second-order valence-corrected chi connectivity index (χ2v) is 17.3. The highest BCUT2D eigenvalue weighted by Crippen LogP contribution is 2.54. The first-order valence-corrected chi connectivity index (χ1v) is 20.3. The molecule has 2 aromatic carbocycles. The number of hydrogen-bond acceptors (Lipinski definition) is 6. The Morgan fingerprint density at radius 2 is 1.89 bits per heavy atom. The van der Waals surface area contributed by atoms with Gasteiger partial charge in [0, 0.05) is 102 Å². The Labute approximate surface area is 328 Å². The van der Waals surface area contributed by atoms with E-state index in [0.29, 0.717) is 58.2 Å². The Kier molecular flexibility index (Phi) is 8.15. The number of carbonyl (C=O) groups excluding carboxylic acids is 1. The SMILES string of the molecule is Cc1nc2c(F)c(-c3cccc(Cl)c3Cl)c(CCC#N)cc2c2c1cc([C@H]1[C@H]3C[C@H](CN(c4cc(C)n(C)c(=O)c4)C3)N1C(=O)C1CC1)n2[C@H]1[C@H]2CN[C@@H]1C2. The zero-order chi connectivity index (χ0) is 38.0. The van der Waals surface area contributed by atoms with Crippen molar-refractivity contribution in [3.05, 3.63) is 91.3 Å². The highest BCUT2D eigenvalue weighted by Gasteiger charge is 2.55. The molecule has 6 atom stereocenters. The molecule has 6 fully saturated rings. The summed E-state index contributed by atoms with van der Waals surface area (Å²) in [5, 5.41) is 15.6. The van der Waals surface area contributed by atoms with E-state index in [4.69, 9.17) is 28.2 Å². The Balaban J connectivity index is 1.20. The third-order valence-electron chi connectivity index (χ3n) is 13.4. The number of nitrogens with one attached hydrogen (secondary N) is 1. The van der Waals surface area contributed by atoms with Crippen LogP contribution in [-0.4, -0.2) is 56.6 Å². The fourth-order valence-electron chi connectivity index (χ4n) is 10.4. The molecule has 55 heavy (non-hydrogen) atoms. The molecule has 1 amide bonds. The molecule has 4 aliphatic heterocycles. The number of nitrogens with zero attached hydrogens (tertiary/aromatic N) is 6. The number of hydrogen-bond donors (Lipinski definition) is 1. The van der Waals surface area contributed by atoms with Gasteiger partial charge >= 0.3 is 0 Å². The van der Waals surface area contributed by atoms with Gasteiger partial charge in [-0.1, -0.05) is 35.3 Å². The van der Waals surface area contributed by atoms with Crippen LogP contribution >= 0.6 is 23.2 Å². The normalized spacial score (nSPS) is 25.5. The minimum atomic E-state index is -0.481. The molecule has 4 saturated heterocycles. The average Bonchev–Trinajstić information content (AvgIpc) is 3.45. The quantitative estimate of drug-likeness (QED) is 0.181. The highest BCUT2D eigenvalue weighted by molar-refractivity contribution is 6.43. The van der Waals surface area contributed by atoms with Crippen molar-refractivity contribution in [2.24, 2.45) is 24.8 Å². The van der Waals surface area contributed by atoms with Gasteiger partial charge in [-0.2, -0.15) is 5.26 Å². The van der Waals surface area contributed by atoms with Crippen LogP contribution in [0.5, 0.6) is 0 Å². The number of anilines is 1. The van der Waals surface area contributed by atoms with Crippen LogP contribution in [0.1, 0.15) is 66.8 Å². The Morgan fingerprint density at radius 3 is 2.60 bits per heavy atom. The number of aryl methyl sites for hydroxylation is 3. The molecule has 282 valence electrons. The lowest BCUT2D eigenvalue weighted by Crippen LogP contribution is -2.45. The van der Waals surface area contributed by atoms with Gasteiger partial charge in [-0.3, -0.25) is 9.59 Å². The van der Waals surface area contributed by atoms with Gasteiger partial charge in [0.25, 0.3) is 5.56 Å². The number of carbonyl (C=O) groups is 1. The first-order valence-electron chi connectivity index (χ1n) is 19.5. The van der Waals surface area contributed by atoms with Crippen molar-refractivity contribution in [3.63, 3.8) is 0 Å².